The second-order valence-electron chi connectivity index (χ2n) is 13.8. The Labute approximate surface area is 318 Å². The van der Waals surface area contributed by atoms with E-state index in [1.807, 2.05) is 0 Å². The fraction of sp³-hybridized carbons (Fsp3) is 0.810. The second kappa shape index (κ2) is 38.9. The lowest BCUT2D eigenvalue weighted by molar-refractivity contribution is -0.161. The lowest BCUT2D eigenvalue weighted by Crippen LogP contribution is -2.29. The molecule has 2 atom stereocenters. The SMILES string of the molecule is CCCC/C=C/C/C=C/CCCCCCCC(=O)O[C@H](COC(=O)CCCCCCCCC/C=C/CCCCCCCC)COP(=O)(O)OCCN. The summed E-state index contributed by atoms with van der Waals surface area (Å²) in [7, 11) is -4.38. The maximum atomic E-state index is 12.5. The largest absolute Gasteiger partial charge is 0.472 e. The number of carbonyl (C=O) groups is 2. The Bertz CT molecular complexity index is 954. The van der Waals surface area contributed by atoms with Crippen LogP contribution in [0.3, 0.4) is 0 Å². The number of nitrogens with two attached hydrogens (primary N) is 1. The lowest BCUT2D eigenvalue weighted by atomic mass is 10.1. The van der Waals surface area contributed by atoms with Gasteiger partial charge in [0.25, 0.3) is 0 Å². The van der Waals surface area contributed by atoms with Crippen LogP contribution in [0, 0.1) is 0 Å². The Morgan fingerprint density at radius 1 is 0.577 bits per heavy atom. The maximum Gasteiger partial charge on any atom is 0.472 e. The smallest absolute Gasteiger partial charge is 0.462 e. The Morgan fingerprint density at radius 3 is 1.54 bits per heavy atom. The van der Waals surface area contributed by atoms with Gasteiger partial charge in [0.15, 0.2) is 6.10 Å². The minimum atomic E-state index is -4.38. The lowest BCUT2D eigenvalue weighted by Gasteiger charge is -2.19. The molecule has 1 unspecified atom stereocenters. The van der Waals surface area contributed by atoms with Crippen LogP contribution < -0.4 is 5.73 Å². The van der Waals surface area contributed by atoms with Crippen molar-refractivity contribution in [1.29, 1.82) is 0 Å². The highest BCUT2D eigenvalue weighted by atomic mass is 31.2. The van der Waals surface area contributed by atoms with Crippen molar-refractivity contribution in [3.8, 4) is 0 Å². The third-order valence-electron chi connectivity index (χ3n) is 8.75. The van der Waals surface area contributed by atoms with Gasteiger partial charge in [0.1, 0.15) is 6.61 Å². The Balaban J connectivity index is 4.18. The molecule has 0 aliphatic rings. The van der Waals surface area contributed by atoms with Gasteiger partial charge in [-0.15, -0.1) is 0 Å². The first-order valence-corrected chi connectivity index (χ1v) is 22.5. The van der Waals surface area contributed by atoms with Crippen molar-refractivity contribution in [3.05, 3.63) is 36.5 Å². The van der Waals surface area contributed by atoms with Crippen molar-refractivity contribution in [1.82, 2.24) is 0 Å². The summed E-state index contributed by atoms with van der Waals surface area (Å²) in [5.41, 5.74) is 5.34. The van der Waals surface area contributed by atoms with E-state index in [-0.39, 0.29) is 32.6 Å². The molecule has 0 spiro atoms. The molecule has 10 heteroatoms. The zero-order valence-corrected chi connectivity index (χ0v) is 34.2. The molecule has 0 aliphatic carbocycles. The van der Waals surface area contributed by atoms with Crippen LogP contribution in [0.1, 0.15) is 187 Å². The van der Waals surface area contributed by atoms with E-state index in [9.17, 15) is 19.0 Å². The summed E-state index contributed by atoms with van der Waals surface area (Å²) in [5, 5.41) is 0. The van der Waals surface area contributed by atoms with Crippen molar-refractivity contribution in [3.63, 3.8) is 0 Å². The fourth-order valence-electron chi connectivity index (χ4n) is 5.59. The first kappa shape index (κ1) is 50.2. The van der Waals surface area contributed by atoms with Crippen molar-refractivity contribution in [2.75, 3.05) is 26.4 Å². The monoisotopic (exact) mass is 756 g/mol. The minimum Gasteiger partial charge on any atom is -0.462 e. The van der Waals surface area contributed by atoms with Gasteiger partial charge in [-0.05, 0) is 64.2 Å². The molecule has 0 heterocycles. The van der Waals surface area contributed by atoms with Crippen molar-refractivity contribution in [2.24, 2.45) is 5.73 Å². The van der Waals surface area contributed by atoms with Gasteiger partial charge < -0.3 is 20.1 Å². The highest BCUT2D eigenvalue weighted by Gasteiger charge is 2.26. The number of phosphoric acid groups is 1. The summed E-state index contributed by atoms with van der Waals surface area (Å²) in [4.78, 5) is 34.8. The van der Waals surface area contributed by atoms with E-state index in [1.54, 1.807) is 0 Å². The summed E-state index contributed by atoms with van der Waals surface area (Å²) in [6.07, 6.45) is 41.7. The molecular formula is C42H78NO8P. The molecule has 0 saturated carbocycles. The number of hydrogen-bond acceptors (Lipinski definition) is 8. The minimum absolute atomic E-state index is 0.0500. The van der Waals surface area contributed by atoms with Crippen LogP contribution >= 0.6 is 7.82 Å². The van der Waals surface area contributed by atoms with Crippen LogP contribution in [0.2, 0.25) is 0 Å². The van der Waals surface area contributed by atoms with Crippen LogP contribution in [0.4, 0.5) is 0 Å². The van der Waals surface area contributed by atoms with Crippen molar-refractivity contribution >= 4 is 19.8 Å². The van der Waals surface area contributed by atoms with Gasteiger partial charge in [0.05, 0.1) is 13.2 Å². The standard InChI is InChI=1S/C42H78NO8P/c1-3-5-7-9-11-13-15-17-19-20-21-23-24-26-28-30-32-34-41(44)48-38-40(39-50-52(46,47)49-37-36-43)51-42(45)35-33-31-29-27-25-22-18-16-14-12-10-8-6-4-2/h10,12,16-19,40H,3-9,11,13-15,20-39,43H2,1-2H3,(H,46,47)/b12-10+,18-16+,19-17+/t40-/m1/s1. The summed E-state index contributed by atoms with van der Waals surface area (Å²) in [6.45, 7) is 3.66. The van der Waals surface area contributed by atoms with Crippen LogP contribution in [0.25, 0.3) is 0 Å². The summed E-state index contributed by atoms with van der Waals surface area (Å²) in [6, 6.07) is 0. The van der Waals surface area contributed by atoms with Gasteiger partial charge in [-0.1, -0.05) is 147 Å². The number of hydrogen-bond donors (Lipinski definition) is 2. The third-order valence-corrected chi connectivity index (χ3v) is 9.73. The average molecular weight is 756 g/mol. The van der Waals surface area contributed by atoms with Gasteiger partial charge >= 0.3 is 19.8 Å². The van der Waals surface area contributed by atoms with E-state index in [0.717, 1.165) is 77.0 Å². The summed E-state index contributed by atoms with van der Waals surface area (Å²) >= 11 is 0. The van der Waals surface area contributed by atoms with E-state index in [1.165, 1.54) is 77.0 Å². The van der Waals surface area contributed by atoms with Crippen molar-refractivity contribution < 1.29 is 37.6 Å². The predicted octanol–water partition coefficient (Wildman–Crippen LogP) is 11.8. The van der Waals surface area contributed by atoms with Crippen LogP contribution in [-0.4, -0.2) is 49.3 Å². The Hall–Kier alpha value is -1.77. The number of rotatable bonds is 39. The maximum absolute atomic E-state index is 12.5. The van der Waals surface area contributed by atoms with E-state index in [4.69, 9.17) is 24.3 Å². The first-order chi connectivity index (χ1) is 25.3. The molecular weight excluding hydrogens is 677 g/mol. The molecule has 52 heavy (non-hydrogen) atoms. The molecule has 9 nitrogen and oxygen atoms in total. The van der Waals surface area contributed by atoms with Gasteiger partial charge in [0.2, 0.25) is 0 Å². The molecule has 0 saturated heterocycles. The van der Waals surface area contributed by atoms with E-state index < -0.39 is 32.5 Å². The molecule has 3 N–H and O–H groups in total. The number of unbranched alkanes of at least 4 members (excludes halogenated alkanes) is 20. The van der Waals surface area contributed by atoms with Gasteiger partial charge in [-0.3, -0.25) is 18.6 Å². The zero-order valence-electron chi connectivity index (χ0n) is 33.3. The average Bonchev–Trinajstić information content (AvgIpc) is 3.13. The molecule has 0 fully saturated rings. The van der Waals surface area contributed by atoms with Crippen LogP contribution in [-0.2, 0) is 32.7 Å². The molecule has 0 aliphatic heterocycles. The molecule has 304 valence electrons. The second-order valence-corrected chi connectivity index (χ2v) is 15.3. The molecule has 0 amide bonds. The number of carbonyl (C=O) groups excluding carboxylic acids is 2. The Morgan fingerprint density at radius 2 is 1.02 bits per heavy atom. The zero-order chi connectivity index (χ0) is 38.2. The highest BCUT2D eigenvalue weighted by Crippen LogP contribution is 2.43. The molecule has 0 bridgehead atoms. The van der Waals surface area contributed by atoms with E-state index >= 15 is 0 Å². The van der Waals surface area contributed by atoms with Crippen LogP contribution in [0.15, 0.2) is 36.5 Å². The Kier molecular flexibility index (Phi) is 37.6. The third kappa shape index (κ3) is 38.0. The molecule has 0 radical (unpaired) electrons. The number of allylic oxidation sites excluding steroid dienone is 6. The number of phosphoric ester groups is 1. The van der Waals surface area contributed by atoms with E-state index in [0.29, 0.717) is 6.42 Å². The molecule has 0 aromatic rings. The topological polar surface area (TPSA) is 134 Å². The summed E-state index contributed by atoms with van der Waals surface area (Å²) in [5.74, 6) is -0.849. The molecule has 0 aromatic carbocycles. The van der Waals surface area contributed by atoms with Crippen molar-refractivity contribution in [2.45, 2.75) is 193 Å². The normalized spacial score (nSPS) is 13.7. The number of ether oxygens (including phenoxy) is 2. The highest BCUT2D eigenvalue weighted by molar-refractivity contribution is 7.47. The van der Waals surface area contributed by atoms with Gasteiger partial charge in [-0.2, -0.15) is 0 Å². The fourth-order valence-corrected chi connectivity index (χ4v) is 6.35. The first-order valence-electron chi connectivity index (χ1n) is 21.0. The molecule has 0 rings (SSSR count). The predicted molar refractivity (Wildman–Crippen MR) is 215 cm³/mol. The molecule has 0 aromatic heterocycles. The quantitative estimate of drug-likeness (QED) is 0.0272. The van der Waals surface area contributed by atoms with Crippen LogP contribution in [0.5, 0.6) is 0 Å². The number of esters is 2. The van der Waals surface area contributed by atoms with Gasteiger partial charge in [0, 0.05) is 19.4 Å². The van der Waals surface area contributed by atoms with E-state index in [2.05, 4.69) is 50.3 Å². The van der Waals surface area contributed by atoms with Gasteiger partial charge in [-0.25, -0.2) is 4.57 Å². The summed E-state index contributed by atoms with van der Waals surface area (Å²) < 4.78 is 32.7.